The van der Waals surface area contributed by atoms with E-state index in [4.69, 9.17) is 9.47 Å². The van der Waals surface area contributed by atoms with Gasteiger partial charge in [-0.05, 0) is 24.6 Å². The molecule has 0 radical (unpaired) electrons. The third-order valence-electron chi connectivity index (χ3n) is 5.12. The molecule has 3 aromatic rings. The van der Waals surface area contributed by atoms with Crippen molar-refractivity contribution in [3.63, 3.8) is 0 Å². The summed E-state index contributed by atoms with van der Waals surface area (Å²) in [5, 5.41) is 34.2. The van der Waals surface area contributed by atoms with E-state index >= 15 is 0 Å². The lowest BCUT2D eigenvalue weighted by molar-refractivity contribution is -0.387. The second-order valence-corrected chi connectivity index (χ2v) is 8.37. The van der Waals surface area contributed by atoms with Gasteiger partial charge in [-0.25, -0.2) is 0 Å². The van der Waals surface area contributed by atoms with Crippen LogP contribution >= 0.6 is 11.8 Å². The van der Waals surface area contributed by atoms with Gasteiger partial charge in [-0.2, -0.15) is 4.98 Å². The van der Waals surface area contributed by atoms with Gasteiger partial charge in [0.2, 0.25) is 23.0 Å². The third-order valence-corrected chi connectivity index (χ3v) is 6.05. The molecule has 0 fully saturated rings. The van der Waals surface area contributed by atoms with Crippen molar-refractivity contribution in [2.24, 2.45) is 0 Å². The fourth-order valence-corrected chi connectivity index (χ4v) is 4.32. The lowest BCUT2D eigenvalue weighted by Crippen LogP contribution is -2.19. The van der Waals surface area contributed by atoms with Crippen molar-refractivity contribution < 1.29 is 19.5 Å². The highest BCUT2D eigenvalue weighted by Gasteiger charge is 2.34. The van der Waals surface area contributed by atoms with Crippen LogP contribution in [-0.2, 0) is 0 Å². The number of aromatic nitrogens is 3. The number of hydrogen-bond donors (Lipinski definition) is 2. The van der Waals surface area contributed by atoms with E-state index in [0.29, 0.717) is 22.1 Å². The van der Waals surface area contributed by atoms with Crippen molar-refractivity contribution in [1.82, 2.24) is 15.2 Å². The standard InChI is InChI=1S/C22H23N5O5S/c1-3-4-7-12-33-22-24-21-17(25-26-22)13-8-5-6-9-15(13)23-20(32-21)14-10-11-16(28)19(31-2)18(14)27(29)30/h5-6,8-11,20,23,28H,3-4,7,12H2,1-2H3/t20-/m0/s1. The number of methoxy groups -OCH3 is 1. The van der Waals surface area contributed by atoms with Gasteiger partial charge in [0.15, 0.2) is 11.4 Å². The molecule has 2 heterocycles. The summed E-state index contributed by atoms with van der Waals surface area (Å²) in [5.41, 5.74) is 1.58. The maximum atomic E-state index is 11.9. The highest BCUT2D eigenvalue weighted by molar-refractivity contribution is 7.99. The number of benzene rings is 2. The van der Waals surface area contributed by atoms with Crippen molar-refractivity contribution in [3.05, 3.63) is 52.1 Å². The molecule has 10 nitrogen and oxygen atoms in total. The van der Waals surface area contributed by atoms with Crippen molar-refractivity contribution in [1.29, 1.82) is 0 Å². The van der Waals surface area contributed by atoms with E-state index < -0.39 is 16.8 Å². The summed E-state index contributed by atoms with van der Waals surface area (Å²) in [5.74, 6) is 0.491. The molecule has 1 aromatic heterocycles. The second kappa shape index (κ2) is 9.90. The molecule has 11 heteroatoms. The van der Waals surface area contributed by atoms with E-state index in [2.05, 4.69) is 27.4 Å². The largest absolute Gasteiger partial charge is 0.504 e. The lowest BCUT2D eigenvalue weighted by Gasteiger charge is -2.20. The second-order valence-electron chi connectivity index (χ2n) is 7.30. The first-order valence-corrected chi connectivity index (χ1v) is 11.5. The van der Waals surface area contributed by atoms with E-state index in [9.17, 15) is 15.2 Å². The first-order chi connectivity index (χ1) is 16.0. The van der Waals surface area contributed by atoms with Gasteiger partial charge in [0.25, 0.3) is 0 Å². The zero-order valence-corrected chi connectivity index (χ0v) is 19.0. The molecule has 0 bridgehead atoms. The molecule has 0 aliphatic carbocycles. The average Bonchev–Trinajstić information content (AvgIpc) is 2.98. The van der Waals surface area contributed by atoms with Gasteiger partial charge in [0.1, 0.15) is 0 Å². The molecular formula is C22H23N5O5S. The number of unbranched alkanes of at least 4 members (excludes halogenated alkanes) is 2. The number of anilines is 1. The molecule has 0 saturated carbocycles. The number of nitro benzene ring substituents is 1. The molecule has 2 aromatic carbocycles. The summed E-state index contributed by atoms with van der Waals surface area (Å²) >= 11 is 1.49. The highest BCUT2D eigenvalue weighted by atomic mass is 32.2. The summed E-state index contributed by atoms with van der Waals surface area (Å²) < 4.78 is 11.3. The van der Waals surface area contributed by atoms with Gasteiger partial charge in [-0.3, -0.25) is 10.1 Å². The van der Waals surface area contributed by atoms with Crippen molar-refractivity contribution in [2.75, 3.05) is 18.2 Å². The Morgan fingerprint density at radius 1 is 1.24 bits per heavy atom. The smallest absolute Gasteiger partial charge is 0.323 e. The number of thioether (sulfide) groups is 1. The number of fused-ring (bicyclic) bond motifs is 3. The SMILES string of the molecule is CCCCCSc1nnc2c(n1)O[C@@H](c1ccc(O)c(OC)c1[N+](=O)[O-])Nc1ccccc1-2. The number of ether oxygens (including phenoxy) is 2. The van der Waals surface area contributed by atoms with Crippen LogP contribution in [0.25, 0.3) is 11.3 Å². The van der Waals surface area contributed by atoms with Crippen LogP contribution in [-0.4, -0.2) is 38.1 Å². The normalized spacial score (nSPS) is 14.3. The molecule has 0 unspecified atom stereocenters. The van der Waals surface area contributed by atoms with Gasteiger partial charge in [0, 0.05) is 17.0 Å². The third kappa shape index (κ3) is 4.63. The van der Waals surface area contributed by atoms with Crippen LogP contribution in [0.2, 0.25) is 0 Å². The van der Waals surface area contributed by atoms with Crippen LogP contribution in [0, 0.1) is 10.1 Å². The number of para-hydroxylation sites is 1. The Kier molecular flexibility index (Phi) is 6.78. The maximum absolute atomic E-state index is 11.9. The fourth-order valence-electron chi connectivity index (χ4n) is 3.54. The Morgan fingerprint density at radius 2 is 2.06 bits per heavy atom. The topological polar surface area (TPSA) is 133 Å². The molecule has 1 atom stereocenters. The summed E-state index contributed by atoms with van der Waals surface area (Å²) in [6.07, 6.45) is 2.28. The van der Waals surface area contributed by atoms with Crippen LogP contribution in [0.15, 0.2) is 41.6 Å². The number of nitro groups is 1. The fraction of sp³-hybridized carbons (Fsp3) is 0.318. The lowest BCUT2D eigenvalue weighted by atomic mass is 10.1. The van der Waals surface area contributed by atoms with Crippen LogP contribution in [0.4, 0.5) is 11.4 Å². The molecule has 0 amide bonds. The minimum absolute atomic E-state index is 0.174. The van der Waals surface area contributed by atoms with Crippen LogP contribution < -0.4 is 14.8 Å². The van der Waals surface area contributed by atoms with Gasteiger partial charge in [0.05, 0.1) is 17.6 Å². The van der Waals surface area contributed by atoms with E-state index in [1.165, 1.54) is 31.0 Å². The number of hydrogen-bond acceptors (Lipinski definition) is 10. The molecule has 1 aliphatic rings. The van der Waals surface area contributed by atoms with E-state index in [1.807, 2.05) is 24.3 Å². The van der Waals surface area contributed by atoms with Crippen molar-refractivity contribution in [2.45, 2.75) is 37.6 Å². The quantitative estimate of drug-likeness (QED) is 0.202. The van der Waals surface area contributed by atoms with Gasteiger partial charge in [-0.1, -0.05) is 49.7 Å². The number of phenolic OH excluding ortho intramolecular Hbond substituents is 1. The van der Waals surface area contributed by atoms with Gasteiger partial charge >= 0.3 is 5.69 Å². The van der Waals surface area contributed by atoms with Crippen molar-refractivity contribution in [3.8, 4) is 28.6 Å². The predicted molar refractivity (Wildman–Crippen MR) is 124 cm³/mol. The minimum atomic E-state index is -0.989. The van der Waals surface area contributed by atoms with Crippen LogP contribution in [0.5, 0.6) is 17.4 Å². The van der Waals surface area contributed by atoms with E-state index in [-0.39, 0.29) is 22.9 Å². The Balaban J connectivity index is 1.78. The molecule has 0 saturated heterocycles. The first-order valence-electron chi connectivity index (χ1n) is 10.5. The summed E-state index contributed by atoms with van der Waals surface area (Å²) in [6.45, 7) is 2.14. The number of rotatable bonds is 8. The molecule has 33 heavy (non-hydrogen) atoms. The zero-order chi connectivity index (χ0) is 23.4. The van der Waals surface area contributed by atoms with Gasteiger partial charge < -0.3 is 19.9 Å². The number of nitrogens with one attached hydrogen (secondary N) is 1. The van der Waals surface area contributed by atoms with E-state index in [0.717, 1.165) is 25.0 Å². The first kappa shape index (κ1) is 22.6. The van der Waals surface area contributed by atoms with Crippen LogP contribution in [0.3, 0.4) is 0 Å². The Bertz CT molecular complexity index is 1180. The summed E-state index contributed by atoms with van der Waals surface area (Å²) in [4.78, 5) is 15.8. The molecule has 2 N–H and O–H groups in total. The Labute approximate surface area is 194 Å². The molecular weight excluding hydrogens is 446 g/mol. The molecule has 172 valence electrons. The maximum Gasteiger partial charge on any atom is 0.323 e. The van der Waals surface area contributed by atoms with Gasteiger partial charge in [-0.15, -0.1) is 10.2 Å². The Hall–Kier alpha value is -3.60. The monoisotopic (exact) mass is 469 g/mol. The minimum Gasteiger partial charge on any atom is -0.504 e. The number of nitrogens with zero attached hydrogens (tertiary/aromatic N) is 4. The van der Waals surface area contributed by atoms with E-state index in [1.54, 1.807) is 0 Å². The molecule has 0 spiro atoms. The highest BCUT2D eigenvalue weighted by Crippen LogP contribution is 2.45. The van der Waals surface area contributed by atoms with Crippen LogP contribution in [0.1, 0.15) is 38.0 Å². The number of aromatic hydroxyl groups is 1. The predicted octanol–water partition coefficient (Wildman–Crippen LogP) is 4.95. The Morgan fingerprint density at radius 3 is 2.82 bits per heavy atom. The molecule has 1 aliphatic heterocycles. The number of phenols is 1. The summed E-state index contributed by atoms with van der Waals surface area (Å²) in [7, 11) is 1.26. The average molecular weight is 470 g/mol. The summed E-state index contributed by atoms with van der Waals surface area (Å²) in [6, 6.07) is 10.1. The zero-order valence-electron chi connectivity index (χ0n) is 18.1. The van der Waals surface area contributed by atoms with Crippen molar-refractivity contribution >= 4 is 23.1 Å². The molecule has 4 rings (SSSR count).